The summed E-state index contributed by atoms with van der Waals surface area (Å²) in [4.78, 5) is 11.9. The minimum Gasteiger partial charge on any atom is -0.300 e. The van der Waals surface area contributed by atoms with Crippen LogP contribution in [0.2, 0.25) is 0 Å². The van der Waals surface area contributed by atoms with Crippen molar-refractivity contribution in [3.8, 4) is 0 Å². The Morgan fingerprint density at radius 1 is 1.00 bits per heavy atom. The van der Waals surface area contributed by atoms with Crippen molar-refractivity contribution in [2.75, 3.05) is 0 Å². The Hall–Kier alpha value is -0.590. The van der Waals surface area contributed by atoms with Crippen molar-refractivity contribution < 1.29 is 4.79 Å². The number of carbonyl (C=O) groups is 1. The predicted molar refractivity (Wildman–Crippen MR) is 90.4 cm³/mol. The van der Waals surface area contributed by atoms with Crippen LogP contribution in [-0.2, 0) is 4.79 Å². The first-order chi connectivity index (χ1) is 10.5. The maximum atomic E-state index is 11.9. The number of rotatable bonds is 1. The van der Waals surface area contributed by atoms with E-state index in [0.717, 1.165) is 36.5 Å². The number of fused-ring (bicyclic) bond motifs is 5. The molecule has 0 heterocycles. The molecule has 0 radical (unpaired) electrons. The van der Waals surface area contributed by atoms with Crippen LogP contribution in [0.25, 0.3) is 0 Å². The lowest BCUT2D eigenvalue weighted by Gasteiger charge is -2.60. The second-order valence-corrected chi connectivity index (χ2v) is 9.36. The monoisotopic (exact) mass is 300 g/mol. The van der Waals surface area contributed by atoms with Crippen LogP contribution in [0, 0.1) is 40.4 Å². The maximum absolute atomic E-state index is 11.9. The van der Waals surface area contributed by atoms with E-state index < -0.39 is 0 Å². The standard InChI is InChI=1S/C21H32O/c1-4-14-6-8-18-17-7-5-15-13-16(22)9-11-21(15,3)19(17)10-12-20(14,18)2/h4,14-15,17-19H,1,5-13H2,2-3H3/t14-,15+,17-,18-,19-,20+,21-/m0/s1. The van der Waals surface area contributed by atoms with E-state index in [1.54, 1.807) is 0 Å². The van der Waals surface area contributed by atoms with Crippen LogP contribution in [-0.4, -0.2) is 5.78 Å². The molecular formula is C21H32O. The van der Waals surface area contributed by atoms with E-state index in [-0.39, 0.29) is 0 Å². The van der Waals surface area contributed by atoms with Gasteiger partial charge < -0.3 is 0 Å². The molecule has 122 valence electrons. The van der Waals surface area contributed by atoms with Gasteiger partial charge in [0.05, 0.1) is 0 Å². The van der Waals surface area contributed by atoms with Crippen molar-refractivity contribution in [3.05, 3.63) is 12.7 Å². The molecule has 7 atom stereocenters. The molecule has 0 bridgehead atoms. The maximum Gasteiger partial charge on any atom is 0.133 e. The third-order valence-corrected chi connectivity index (χ3v) is 8.84. The lowest BCUT2D eigenvalue weighted by molar-refractivity contribution is -0.138. The van der Waals surface area contributed by atoms with Gasteiger partial charge in [-0.1, -0.05) is 19.9 Å². The SMILES string of the molecule is C=C[C@H]1CC[C@H]2[C@@H]3CC[C@@H]4CC(=O)CC[C@]4(C)[C@H]3CC[C@]12C. The molecule has 0 unspecified atom stereocenters. The van der Waals surface area contributed by atoms with E-state index in [1.807, 2.05) is 0 Å². The van der Waals surface area contributed by atoms with Crippen LogP contribution in [0.15, 0.2) is 12.7 Å². The molecule has 0 aromatic rings. The highest BCUT2D eigenvalue weighted by molar-refractivity contribution is 5.79. The molecule has 4 fully saturated rings. The Morgan fingerprint density at radius 2 is 1.77 bits per heavy atom. The number of Topliss-reactive ketones (excluding diaryl/α,β-unsaturated/α-hetero) is 1. The van der Waals surface area contributed by atoms with E-state index in [1.165, 1.54) is 44.9 Å². The van der Waals surface area contributed by atoms with E-state index >= 15 is 0 Å². The predicted octanol–water partition coefficient (Wildman–Crippen LogP) is 5.40. The summed E-state index contributed by atoms with van der Waals surface area (Å²) in [7, 11) is 0. The average Bonchev–Trinajstić information content (AvgIpc) is 2.84. The zero-order valence-electron chi connectivity index (χ0n) is 14.4. The fourth-order valence-electron chi connectivity index (χ4n) is 7.47. The number of allylic oxidation sites excluding steroid dienone is 1. The van der Waals surface area contributed by atoms with Crippen molar-refractivity contribution in [1.82, 2.24) is 0 Å². The zero-order valence-corrected chi connectivity index (χ0v) is 14.4. The van der Waals surface area contributed by atoms with Crippen LogP contribution >= 0.6 is 0 Å². The lowest BCUT2D eigenvalue weighted by Crippen LogP contribution is -2.53. The molecule has 4 saturated carbocycles. The molecule has 4 aliphatic carbocycles. The second-order valence-electron chi connectivity index (χ2n) is 9.36. The highest BCUT2D eigenvalue weighted by Gasteiger charge is 2.59. The van der Waals surface area contributed by atoms with Crippen molar-refractivity contribution in [2.24, 2.45) is 40.4 Å². The number of carbonyl (C=O) groups excluding carboxylic acids is 1. The molecule has 1 nitrogen and oxygen atoms in total. The summed E-state index contributed by atoms with van der Waals surface area (Å²) < 4.78 is 0. The molecule has 0 spiro atoms. The Morgan fingerprint density at radius 3 is 2.55 bits per heavy atom. The van der Waals surface area contributed by atoms with E-state index in [0.29, 0.717) is 22.5 Å². The van der Waals surface area contributed by atoms with E-state index in [9.17, 15) is 4.79 Å². The van der Waals surface area contributed by atoms with Crippen molar-refractivity contribution in [3.63, 3.8) is 0 Å². The first-order valence-corrected chi connectivity index (χ1v) is 9.63. The summed E-state index contributed by atoms with van der Waals surface area (Å²) in [6, 6.07) is 0. The van der Waals surface area contributed by atoms with E-state index in [4.69, 9.17) is 0 Å². The summed E-state index contributed by atoms with van der Waals surface area (Å²) >= 11 is 0. The third kappa shape index (κ3) is 1.86. The quantitative estimate of drug-likeness (QED) is 0.592. The fourth-order valence-corrected chi connectivity index (χ4v) is 7.47. The topological polar surface area (TPSA) is 17.1 Å². The van der Waals surface area contributed by atoms with Gasteiger partial charge >= 0.3 is 0 Å². The van der Waals surface area contributed by atoms with Crippen LogP contribution in [0.3, 0.4) is 0 Å². The third-order valence-electron chi connectivity index (χ3n) is 8.84. The second kappa shape index (κ2) is 4.95. The van der Waals surface area contributed by atoms with Crippen LogP contribution in [0.4, 0.5) is 0 Å². The van der Waals surface area contributed by atoms with Gasteiger partial charge in [-0.05, 0) is 85.4 Å². The molecule has 0 N–H and O–H groups in total. The zero-order chi connectivity index (χ0) is 15.5. The molecule has 4 rings (SSSR count). The van der Waals surface area contributed by atoms with Gasteiger partial charge in [0.1, 0.15) is 5.78 Å². The van der Waals surface area contributed by atoms with Crippen molar-refractivity contribution >= 4 is 5.78 Å². The summed E-state index contributed by atoms with van der Waals surface area (Å²) in [5.74, 6) is 4.71. The Balaban J connectivity index is 1.63. The van der Waals surface area contributed by atoms with Gasteiger partial charge in [0.2, 0.25) is 0 Å². The minimum atomic E-state index is 0.463. The minimum absolute atomic E-state index is 0.463. The van der Waals surface area contributed by atoms with E-state index in [2.05, 4.69) is 26.5 Å². The van der Waals surface area contributed by atoms with Crippen molar-refractivity contribution in [2.45, 2.75) is 71.6 Å². The van der Waals surface area contributed by atoms with Gasteiger partial charge in [-0.15, -0.1) is 6.58 Å². The molecule has 1 heteroatoms. The summed E-state index contributed by atoms with van der Waals surface area (Å²) in [5, 5.41) is 0. The molecule has 4 aliphatic rings. The summed E-state index contributed by atoms with van der Waals surface area (Å²) in [6.07, 6.45) is 13.5. The van der Waals surface area contributed by atoms with Crippen LogP contribution in [0.1, 0.15) is 71.6 Å². The van der Waals surface area contributed by atoms with Gasteiger partial charge in [0.25, 0.3) is 0 Å². The van der Waals surface area contributed by atoms with Gasteiger partial charge in [-0.25, -0.2) is 0 Å². The lowest BCUT2D eigenvalue weighted by atomic mass is 9.45. The highest BCUT2D eigenvalue weighted by Crippen LogP contribution is 2.67. The summed E-state index contributed by atoms with van der Waals surface area (Å²) in [5.41, 5.74) is 0.987. The highest BCUT2D eigenvalue weighted by atomic mass is 16.1. The van der Waals surface area contributed by atoms with Gasteiger partial charge in [-0.2, -0.15) is 0 Å². The van der Waals surface area contributed by atoms with Gasteiger partial charge in [0, 0.05) is 12.8 Å². The molecule has 0 aliphatic heterocycles. The first-order valence-electron chi connectivity index (χ1n) is 9.63. The molecular weight excluding hydrogens is 268 g/mol. The van der Waals surface area contributed by atoms with Gasteiger partial charge in [-0.3, -0.25) is 4.79 Å². The Kier molecular flexibility index (Phi) is 3.37. The molecule has 0 saturated heterocycles. The summed E-state index contributed by atoms with van der Waals surface area (Å²) in [6.45, 7) is 9.24. The van der Waals surface area contributed by atoms with Gasteiger partial charge in [0.15, 0.2) is 0 Å². The Labute approximate surface area is 135 Å². The molecule has 0 aromatic heterocycles. The van der Waals surface area contributed by atoms with Crippen LogP contribution < -0.4 is 0 Å². The fraction of sp³-hybridized carbons (Fsp3) is 0.857. The number of hydrogen-bond donors (Lipinski definition) is 0. The smallest absolute Gasteiger partial charge is 0.133 e. The first kappa shape index (κ1) is 15.0. The largest absolute Gasteiger partial charge is 0.300 e. The van der Waals surface area contributed by atoms with Crippen molar-refractivity contribution in [1.29, 1.82) is 0 Å². The normalized spacial score (nSPS) is 54.3. The molecule has 0 aromatic carbocycles. The van der Waals surface area contributed by atoms with Crippen LogP contribution in [0.5, 0.6) is 0 Å². The number of ketones is 1. The number of hydrogen-bond acceptors (Lipinski definition) is 1. The Bertz CT molecular complexity index is 494. The molecule has 0 amide bonds. The average molecular weight is 300 g/mol. The molecule has 22 heavy (non-hydrogen) atoms.